The maximum atomic E-state index is 13.7. The third kappa shape index (κ3) is 1.69. The lowest BCUT2D eigenvalue weighted by Gasteiger charge is -2.08. The van der Waals surface area contributed by atoms with Crippen LogP contribution in [-0.2, 0) is 0 Å². The molecule has 0 atom stereocenters. The third-order valence-corrected chi connectivity index (χ3v) is 2.99. The summed E-state index contributed by atoms with van der Waals surface area (Å²) in [5.74, 6) is -1.43. The summed E-state index contributed by atoms with van der Waals surface area (Å²) in [6.45, 7) is 0. The number of rotatable bonds is 1. The number of hydrogen-bond acceptors (Lipinski definition) is 2. The zero-order valence-corrected chi connectivity index (χ0v) is 9.57. The standard InChI is InChI=1S/C9H6F2IN3/c10-5-4-6(13)8(12)7(11)9(5)15-3-1-2-14-15/h1-4H,13H2. The summed E-state index contributed by atoms with van der Waals surface area (Å²) in [7, 11) is 0. The van der Waals surface area contributed by atoms with Crippen molar-refractivity contribution in [3.8, 4) is 5.69 Å². The van der Waals surface area contributed by atoms with Gasteiger partial charge in [-0.05, 0) is 28.7 Å². The Morgan fingerprint density at radius 3 is 2.73 bits per heavy atom. The van der Waals surface area contributed by atoms with Crippen LogP contribution >= 0.6 is 22.6 Å². The van der Waals surface area contributed by atoms with E-state index in [-0.39, 0.29) is 14.9 Å². The molecule has 0 radical (unpaired) electrons. The van der Waals surface area contributed by atoms with Crippen molar-refractivity contribution in [2.24, 2.45) is 0 Å². The molecule has 0 spiro atoms. The van der Waals surface area contributed by atoms with Crippen molar-refractivity contribution < 1.29 is 8.78 Å². The van der Waals surface area contributed by atoms with Crippen LogP contribution in [0, 0.1) is 15.2 Å². The molecule has 0 aliphatic rings. The van der Waals surface area contributed by atoms with Gasteiger partial charge in [-0.15, -0.1) is 0 Å². The van der Waals surface area contributed by atoms with E-state index in [0.29, 0.717) is 0 Å². The highest BCUT2D eigenvalue weighted by molar-refractivity contribution is 14.1. The fourth-order valence-electron chi connectivity index (χ4n) is 1.21. The van der Waals surface area contributed by atoms with E-state index < -0.39 is 11.6 Å². The number of benzene rings is 1. The normalized spacial score (nSPS) is 10.6. The first-order chi connectivity index (χ1) is 7.11. The lowest BCUT2D eigenvalue weighted by molar-refractivity contribution is 0.557. The number of anilines is 1. The Labute approximate surface area is 98.0 Å². The van der Waals surface area contributed by atoms with Crippen LogP contribution in [0.1, 0.15) is 0 Å². The number of nitrogens with zero attached hydrogens (tertiary/aromatic N) is 2. The van der Waals surface area contributed by atoms with Crippen molar-refractivity contribution in [2.45, 2.75) is 0 Å². The molecule has 2 aromatic rings. The molecule has 0 unspecified atom stereocenters. The minimum Gasteiger partial charge on any atom is -0.398 e. The van der Waals surface area contributed by atoms with Gasteiger partial charge in [-0.2, -0.15) is 5.10 Å². The molecule has 0 amide bonds. The van der Waals surface area contributed by atoms with Crippen LogP contribution in [0.4, 0.5) is 14.5 Å². The fourth-order valence-corrected chi connectivity index (χ4v) is 1.63. The summed E-state index contributed by atoms with van der Waals surface area (Å²) < 4.78 is 28.5. The summed E-state index contributed by atoms with van der Waals surface area (Å²) in [5, 5.41) is 3.77. The maximum Gasteiger partial charge on any atom is 0.167 e. The first-order valence-corrected chi connectivity index (χ1v) is 5.12. The second-order valence-electron chi connectivity index (χ2n) is 2.87. The van der Waals surface area contributed by atoms with E-state index in [4.69, 9.17) is 5.73 Å². The van der Waals surface area contributed by atoms with Crippen LogP contribution < -0.4 is 5.73 Å². The van der Waals surface area contributed by atoms with Gasteiger partial charge < -0.3 is 5.73 Å². The van der Waals surface area contributed by atoms with E-state index in [1.165, 1.54) is 12.4 Å². The van der Waals surface area contributed by atoms with E-state index in [2.05, 4.69) is 5.10 Å². The zero-order chi connectivity index (χ0) is 11.0. The first-order valence-electron chi connectivity index (χ1n) is 4.04. The minimum absolute atomic E-state index is 0.0847. The van der Waals surface area contributed by atoms with Crippen molar-refractivity contribution in [3.63, 3.8) is 0 Å². The molecule has 0 saturated heterocycles. The molecular formula is C9H6F2IN3. The Hall–Kier alpha value is -1.18. The van der Waals surface area contributed by atoms with Gasteiger partial charge in [-0.1, -0.05) is 0 Å². The van der Waals surface area contributed by atoms with Crippen molar-refractivity contribution in [1.29, 1.82) is 0 Å². The molecule has 0 aliphatic carbocycles. The third-order valence-electron chi connectivity index (χ3n) is 1.90. The first kappa shape index (κ1) is 10.3. The average molecular weight is 321 g/mol. The smallest absolute Gasteiger partial charge is 0.167 e. The second-order valence-corrected chi connectivity index (χ2v) is 3.95. The molecule has 1 aromatic heterocycles. The molecule has 0 saturated carbocycles. The van der Waals surface area contributed by atoms with Gasteiger partial charge in [0, 0.05) is 18.5 Å². The highest BCUT2D eigenvalue weighted by Crippen LogP contribution is 2.26. The van der Waals surface area contributed by atoms with E-state index in [1.807, 2.05) is 0 Å². The molecular weight excluding hydrogens is 315 g/mol. The molecule has 6 heteroatoms. The van der Waals surface area contributed by atoms with E-state index >= 15 is 0 Å². The molecule has 0 fully saturated rings. The number of halogens is 3. The van der Waals surface area contributed by atoms with E-state index in [0.717, 1.165) is 10.7 Å². The van der Waals surface area contributed by atoms with Gasteiger partial charge in [-0.25, -0.2) is 13.5 Å². The van der Waals surface area contributed by atoms with Crippen LogP contribution in [0.5, 0.6) is 0 Å². The van der Waals surface area contributed by atoms with Gasteiger partial charge >= 0.3 is 0 Å². The summed E-state index contributed by atoms with van der Waals surface area (Å²) in [5.41, 5.74) is 5.30. The van der Waals surface area contributed by atoms with Crippen molar-refractivity contribution in [2.75, 3.05) is 5.73 Å². The Balaban J connectivity index is 2.72. The predicted molar refractivity (Wildman–Crippen MR) is 60.6 cm³/mol. The number of nitrogen functional groups attached to an aromatic ring is 1. The predicted octanol–water partition coefficient (Wildman–Crippen LogP) is 2.34. The Kier molecular flexibility index (Phi) is 2.59. The molecule has 78 valence electrons. The fraction of sp³-hybridized carbons (Fsp3) is 0. The van der Waals surface area contributed by atoms with Gasteiger partial charge in [0.05, 0.1) is 9.26 Å². The van der Waals surface area contributed by atoms with E-state index in [1.54, 1.807) is 28.7 Å². The number of nitrogens with two attached hydrogens (primary N) is 1. The molecule has 3 nitrogen and oxygen atoms in total. The topological polar surface area (TPSA) is 43.8 Å². The molecule has 2 N–H and O–H groups in total. The quantitative estimate of drug-likeness (QED) is 0.498. The zero-order valence-electron chi connectivity index (χ0n) is 7.42. The highest BCUT2D eigenvalue weighted by atomic mass is 127. The van der Waals surface area contributed by atoms with Gasteiger partial charge in [0.15, 0.2) is 11.6 Å². The average Bonchev–Trinajstić information content (AvgIpc) is 2.68. The summed E-state index contributed by atoms with van der Waals surface area (Å²) >= 11 is 1.73. The molecule has 2 rings (SSSR count). The van der Waals surface area contributed by atoms with Crippen molar-refractivity contribution in [1.82, 2.24) is 9.78 Å². The van der Waals surface area contributed by atoms with Crippen LogP contribution in [0.15, 0.2) is 24.5 Å². The van der Waals surface area contributed by atoms with Crippen LogP contribution in [-0.4, -0.2) is 9.78 Å². The second kappa shape index (κ2) is 3.76. The van der Waals surface area contributed by atoms with Crippen LogP contribution in [0.3, 0.4) is 0 Å². The van der Waals surface area contributed by atoms with Gasteiger partial charge in [0.1, 0.15) is 5.69 Å². The van der Waals surface area contributed by atoms with Crippen molar-refractivity contribution >= 4 is 28.3 Å². The summed E-state index contributed by atoms with van der Waals surface area (Å²) in [6.07, 6.45) is 2.91. The Bertz CT molecular complexity index is 497. The SMILES string of the molecule is Nc1cc(F)c(-n2cccn2)c(F)c1I. The monoisotopic (exact) mass is 321 g/mol. The molecule has 0 bridgehead atoms. The van der Waals surface area contributed by atoms with Gasteiger partial charge in [0.25, 0.3) is 0 Å². The number of hydrogen-bond donors (Lipinski definition) is 1. The lowest BCUT2D eigenvalue weighted by atomic mass is 10.2. The number of aromatic nitrogens is 2. The Morgan fingerprint density at radius 2 is 2.13 bits per heavy atom. The van der Waals surface area contributed by atoms with E-state index in [9.17, 15) is 8.78 Å². The summed E-state index contributed by atoms with van der Waals surface area (Å²) in [4.78, 5) is 0. The largest absolute Gasteiger partial charge is 0.398 e. The molecule has 0 aliphatic heterocycles. The summed E-state index contributed by atoms with van der Waals surface area (Å²) in [6, 6.07) is 2.67. The van der Waals surface area contributed by atoms with Gasteiger partial charge in [0.2, 0.25) is 0 Å². The van der Waals surface area contributed by atoms with Crippen molar-refractivity contribution in [3.05, 3.63) is 39.7 Å². The molecule has 15 heavy (non-hydrogen) atoms. The highest BCUT2D eigenvalue weighted by Gasteiger charge is 2.17. The Morgan fingerprint density at radius 1 is 1.40 bits per heavy atom. The maximum absolute atomic E-state index is 13.7. The van der Waals surface area contributed by atoms with Crippen LogP contribution in [0.25, 0.3) is 5.69 Å². The minimum atomic E-state index is -0.728. The molecule has 1 heterocycles. The lowest BCUT2D eigenvalue weighted by Crippen LogP contribution is -2.06. The van der Waals surface area contributed by atoms with Gasteiger partial charge in [-0.3, -0.25) is 0 Å². The molecule has 1 aromatic carbocycles. The van der Waals surface area contributed by atoms with Crippen LogP contribution in [0.2, 0.25) is 0 Å².